The van der Waals surface area contributed by atoms with Gasteiger partial charge in [0.25, 0.3) is 0 Å². The second kappa shape index (κ2) is 4.99. The van der Waals surface area contributed by atoms with Crippen molar-refractivity contribution >= 4 is 18.0 Å². The predicted octanol–water partition coefficient (Wildman–Crippen LogP) is 2.35. The molecular formula is C7H12N2S. The van der Waals surface area contributed by atoms with Crippen molar-refractivity contribution in [3.05, 3.63) is 22.8 Å². The maximum Gasteiger partial charge on any atom is 0.101 e. The molecule has 3 heteroatoms. The van der Waals surface area contributed by atoms with Crippen LogP contribution in [0.25, 0.3) is 0 Å². The van der Waals surface area contributed by atoms with E-state index < -0.39 is 0 Å². The third kappa shape index (κ3) is 3.25. The number of aromatic nitrogens is 1. The Balaban J connectivity index is 0.000000371. The molecular weight excluding hydrogens is 144 g/mol. The minimum Gasteiger partial charge on any atom is -0.385 e. The second-order valence-electron chi connectivity index (χ2n) is 1.48. The fourth-order valence-corrected chi connectivity index (χ4v) is 0.658. The van der Waals surface area contributed by atoms with Gasteiger partial charge >= 0.3 is 0 Å². The Kier molecular flexibility index (Phi) is 4.58. The molecule has 0 atom stereocenters. The average Bonchev–Trinajstić information content (AvgIpc) is 1.91. The number of aromatic amines is 1. The van der Waals surface area contributed by atoms with Crippen molar-refractivity contribution in [2.24, 2.45) is 0 Å². The molecule has 0 saturated heterocycles. The van der Waals surface area contributed by atoms with Crippen molar-refractivity contribution in [1.29, 1.82) is 0 Å². The molecule has 0 aliphatic carbocycles. The topological polar surface area (TPSA) is 41.8 Å². The molecule has 1 rings (SSSR count). The molecule has 3 N–H and O–H groups in total. The summed E-state index contributed by atoms with van der Waals surface area (Å²) in [6, 6.07) is 3.49. The molecule has 0 aromatic carbocycles. The maximum atomic E-state index is 5.34. The fourth-order valence-electron chi connectivity index (χ4n) is 0.463. The zero-order chi connectivity index (χ0) is 7.98. The van der Waals surface area contributed by atoms with Crippen molar-refractivity contribution < 1.29 is 0 Å². The standard InChI is InChI=1S/C5H6N2S.C2H6/c6-5-3-4(8)1-2-7-5;1-2/h1-3H,(H3,6,7,8);1-2H3. The van der Waals surface area contributed by atoms with E-state index in [9.17, 15) is 0 Å². The Morgan fingerprint density at radius 3 is 2.40 bits per heavy atom. The third-order valence-corrected chi connectivity index (χ3v) is 1.05. The lowest BCUT2D eigenvalue weighted by Crippen LogP contribution is -1.86. The summed E-state index contributed by atoms with van der Waals surface area (Å²) in [5, 5.41) is 0. The van der Waals surface area contributed by atoms with Gasteiger partial charge < -0.3 is 10.7 Å². The molecule has 56 valence electrons. The van der Waals surface area contributed by atoms with Crippen LogP contribution in [0.3, 0.4) is 0 Å². The normalized spacial score (nSPS) is 7.80. The van der Waals surface area contributed by atoms with Gasteiger partial charge in [-0.2, -0.15) is 0 Å². The molecule has 2 nitrogen and oxygen atoms in total. The zero-order valence-electron chi connectivity index (χ0n) is 6.22. The number of pyridine rings is 1. The van der Waals surface area contributed by atoms with Gasteiger partial charge in [0.05, 0.1) is 0 Å². The number of hydrogen-bond acceptors (Lipinski definition) is 2. The molecule has 0 amide bonds. The van der Waals surface area contributed by atoms with Crippen molar-refractivity contribution in [3.63, 3.8) is 0 Å². The fraction of sp³-hybridized carbons (Fsp3) is 0.286. The molecule has 0 aliphatic heterocycles. The molecule has 0 fully saturated rings. The van der Waals surface area contributed by atoms with Gasteiger partial charge in [-0.1, -0.05) is 26.1 Å². The number of nitrogens with two attached hydrogens (primary N) is 1. The van der Waals surface area contributed by atoms with E-state index in [4.69, 9.17) is 18.0 Å². The van der Waals surface area contributed by atoms with Gasteiger partial charge in [0.1, 0.15) is 5.82 Å². The summed E-state index contributed by atoms with van der Waals surface area (Å²) in [7, 11) is 0. The molecule has 0 spiro atoms. The summed E-state index contributed by atoms with van der Waals surface area (Å²) in [5.41, 5.74) is 5.34. The number of H-pyrrole nitrogens is 1. The minimum absolute atomic E-state index is 0.609. The highest BCUT2D eigenvalue weighted by Crippen LogP contribution is 1.94. The number of nitrogen functional groups attached to an aromatic ring is 1. The molecule has 0 aliphatic rings. The first-order chi connectivity index (χ1) is 4.79. The summed E-state index contributed by atoms with van der Waals surface area (Å²) in [6.45, 7) is 4.00. The summed E-state index contributed by atoms with van der Waals surface area (Å²) in [6.07, 6.45) is 1.72. The van der Waals surface area contributed by atoms with E-state index >= 15 is 0 Å². The van der Waals surface area contributed by atoms with Crippen molar-refractivity contribution in [2.45, 2.75) is 13.8 Å². The lowest BCUT2D eigenvalue weighted by molar-refractivity contribution is 1.33. The molecule has 1 aromatic heterocycles. The van der Waals surface area contributed by atoms with Crippen molar-refractivity contribution in [1.82, 2.24) is 4.98 Å². The maximum absolute atomic E-state index is 5.34. The first kappa shape index (κ1) is 9.17. The summed E-state index contributed by atoms with van der Waals surface area (Å²) in [4.78, 5) is 2.78. The van der Waals surface area contributed by atoms with Crippen LogP contribution in [-0.4, -0.2) is 4.98 Å². The van der Waals surface area contributed by atoms with Gasteiger partial charge in [-0.3, -0.25) is 0 Å². The second-order valence-corrected chi connectivity index (χ2v) is 1.95. The highest BCUT2D eigenvalue weighted by Gasteiger charge is 1.77. The van der Waals surface area contributed by atoms with Crippen LogP contribution >= 0.6 is 12.2 Å². The molecule has 1 aromatic rings. The molecule has 10 heavy (non-hydrogen) atoms. The minimum atomic E-state index is 0.609. The van der Waals surface area contributed by atoms with E-state index in [-0.39, 0.29) is 0 Å². The molecule has 0 bridgehead atoms. The van der Waals surface area contributed by atoms with Crippen LogP contribution in [0, 0.1) is 4.51 Å². The number of nitrogens with one attached hydrogen (secondary N) is 1. The van der Waals surface area contributed by atoms with Gasteiger partial charge in [-0.15, -0.1) is 0 Å². The van der Waals surface area contributed by atoms with Crippen LogP contribution in [0.5, 0.6) is 0 Å². The Labute approximate surface area is 66.1 Å². The Hall–Kier alpha value is -0.830. The first-order valence-corrected chi connectivity index (χ1v) is 3.64. The molecule has 0 unspecified atom stereocenters. The lowest BCUT2D eigenvalue weighted by Gasteiger charge is -1.87. The summed E-state index contributed by atoms with van der Waals surface area (Å²) in [5.74, 6) is 0.609. The van der Waals surface area contributed by atoms with E-state index in [0.717, 1.165) is 4.51 Å². The van der Waals surface area contributed by atoms with Gasteiger partial charge in [-0.25, -0.2) is 0 Å². The summed E-state index contributed by atoms with van der Waals surface area (Å²) < 4.78 is 0.765. The lowest BCUT2D eigenvalue weighted by atomic mass is 10.5. The van der Waals surface area contributed by atoms with Crippen molar-refractivity contribution in [2.75, 3.05) is 5.73 Å². The predicted molar refractivity (Wildman–Crippen MR) is 47.4 cm³/mol. The van der Waals surface area contributed by atoms with Crippen molar-refractivity contribution in [3.8, 4) is 0 Å². The van der Waals surface area contributed by atoms with Crippen LogP contribution in [0.15, 0.2) is 18.3 Å². The Bertz CT molecular complexity index is 229. The Morgan fingerprint density at radius 1 is 1.50 bits per heavy atom. The van der Waals surface area contributed by atoms with Crippen LogP contribution in [0.1, 0.15) is 13.8 Å². The highest BCUT2D eigenvalue weighted by atomic mass is 32.1. The van der Waals surface area contributed by atoms with Gasteiger partial charge in [-0.05, 0) is 12.1 Å². The van der Waals surface area contributed by atoms with E-state index in [2.05, 4.69) is 4.98 Å². The van der Waals surface area contributed by atoms with E-state index in [1.807, 2.05) is 13.8 Å². The van der Waals surface area contributed by atoms with Gasteiger partial charge in [0.2, 0.25) is 0 Å². The van der Waals surface area contributed by atoms with E-state index in [1.54, 1.807) is 18.3 Å². The SMILES string of the molecule is CC.Nc1cc(=S)cc[nH]1. The zero-order valence-corrected chi connectivity index (χ0v) is 7.03. The number of anilines is 1. The third-order valence-electron chi connectivity index (χ3n) is 0.795. The number of rotatable bonds is 0. The molecule has 1 heterocycles. The number of hydrogen-bond donors (Lipinski definition) is 2. The smallest absolute Gasteiger partial charge is 0.101 e. The summed E-state index contributed by atoms with van der Waals surface area (Å²) >= 11 is 4.80. The van der Waals surface area contributed by atoms with Crippen LogP contribution in [0.4, 0.5) is 5.82 Å². The van der Waals surface area contributed by atoms with Crippen LogP contribution < -0.4 is 5.73 Å². The van der Waals surface area contributed by atoms with E-state index in [1.165, 1.54) is 0 Å². The van der Waals surface area contributed by atoms with E-state index in [0.29, 0.717) is 5.82 Å². The van der Waals surface area contributed by atoms with Crippen LogP contribution in [-0.2, 0) is 0 Å². The highest BCUT2D eigenvalue weighted by molar-refractivity contribution is 7.71. The Morgan fingerprint density at radius 2 is 2.10 bits per heavy atom. The quantitative estimate of drug-likeness (QED) is 0.566. The van der Waals surface area contributed by atoms with Gasteiger partial charge in [0.15, 0.2) is 0 Å². The first-order valence-electron chi connectivity index (χ1n) is 3.23. The average molecular weight is 156 g/mol. The monoisotopic (exact) mass is 156 g/mol. The largest absolute Gasteiger partial charge is 0.385 e. The molecule has 0 saturated carbocycles. The van der Waals surface area contributed by atoms with Gasteiger partial charge in [0, 0.05) is 10.7 Å². The molecule has 0 radical (unpaired) electrons. The van der Waals surface area contributed by atoms with Crippen LogP contribution in [0.2, 0.25) is 0 Å².